The predicted octanol–water partition coefficient (Wildman–Crippen LogP) is 1.95. The zero-order valence-electron chi connectivity index (χ0n) is 11.6. The minimum absolute atomic E-state index is 0.196. The summed E-state index contributed by atoms with van der Waals surface area (Å²) in [4.78, 5) is 12.0. The Hall–Kier alpha value is -0.880. The first-order valence-corrected chi connectivity index (χ1v) is 7.44. The van der Waals surface area contributed by atoms with E-state index in [0.717, 1.165) is 28.7 Å². The van der Waals surface area contributed by atoms with Gasteiger partial charge in [0.1, 0.15) is 6.04 Å². The van der Waals surface area contributed by atoms with Gasteiger partial charge in [0.05, 0.1) is 23.3 Å². The number of halogens is 1. The number of rotatable bonds is 6. The summed E-state index contributed by atoms with van der Waals surface area (Å²) in [5.41, 5.74) is 1.97. The summed E-state index contributed by atoms with van der Waals surface area (Å²) < 4.78 is 7.99. The second kappa shape index (κ2) is 6.05. The molecule has 1 heterocycles. The van der Waals surface area contributed by atoms with Gasteiger partial charge < -0.3 is 10.1 Å². The van der Waals surface area contributed by atoms with Crippen molar-refractivity contribution in [2.75, 3.05) is 6.61 Å². The maximum Gasteiger partial charge on any atom is 0.325 e. The van der Waals surface area contributed by atoms with E-state index in [9.17, 15) is 4.79 Å². The van der Waals surface area contributed by atoms with Gasteiger partial charge >= 0.3 is 5.97 Å². The summed E-state index contributed by atoms with van der Waals surface area (Å²) in [5.74, 6) is -0.196. The number of carbonyl (C=O) groups excluding carboxylic acids is 1. The molecule has 6 heteroatoms. The molecule has 0 aromatic carbocycles. The van der Waals surface area contributed by atoms with Crippen molar-refractivity contribution in [2.24, 2.45) is 0 Å². The standard InChI is InChI=1S/C13H20BrN3O2/c1-4-19-13(18)11(15-10-5-6-10)7-17-9(3)12(14)8(2)16-17/h10-11,15H,4-7H2,1-3H3. The van der Waals surface area contributed by atoms with Crippen molar-refractivity contribution >= 4 is 21.9 Å². The third-order valence-corrected chi connectivity index (χ3v) is 4.38. The maximum atomic E-state index is 12.0. The molecule has 1 aromatic heterocycles. The summed E-state index contributed by atoms with van der Waals surface area (Å²) in [6, 6.07) is 0.132. The van der Waals surface area contributed by atoms with Crippen molar-refractivity contribution in [3.8, 4) is 0 Å². The molecule has 0 amide bonds. The highest BCUT2D eigenvalue weighted by molar-refractivity contribution is 9.10. The summed E-state index contributed by atoms with van der Waals surface area (Å²) in [6.45, 7) is 6.67. The van der Waals surface area contributed by atoms with E-state index in [0.29, 0.717) is 19.2 Å². The van der Waals surface area contributed by atoms with Gasteiger partial charge in [-0.3, -0.25) is 9.48 Å². The summed E-state index contributed by atoms with van der Waals surface area (Å²) in [6.07, 6.45) is 2.27. The van der Waals surface area contributed by atoms with Crippen LogP contribution in [0.5, 0.6) is 0 Å². The van der Waals surface area contributed by atoms with Gasteiger partial charge in [-0.1, -0.05) is 0 Å². The zero-order valence-corrected chi connectivity index (χ0v) is 13.2. The Kier molecular flexibility index (Phi) is 4.62. The van der Waals surface area contributed by atoms with Crippen LogP contribution in [-0.4, -0.2) is 34.4 Å². The molecule has 5 nitrogen and oxygen atoms in total. The van der Waals surface area contributed by atoms with Crippen LogP contribution in [0.1, 0.15) is 31.2 Å². The number of nitrogens with zero attached hydrogens (tertiary/aromatic N) is 2. The van der Waals surface area contributed by atoms with Gasteiger partial charge in [0.2, 0.25) is 0 Å². The molecule has 1 aliphatic carbocycles. The quantitative estimate of drug-likeness (QED) is 0.810. The summed E-state index contributed by atoms with van der Waals surface area (Å²) >= 11 is 3.50. The fourth-order valence-electron chi connectivity index (χ4n) is 2.00. The smallest absolute Gasteiger partial charge is 0.325 e. The van der Waals surface area contributed by atoms with Crippen molar-refractivity contribution in [1.29, 1.82) is 0 Å². The minimum Gasteiger partial charge on any atom is -0.465 e. The lowest BCUT2D eigenvalue weighted by molar-refractivity contribution is -0.146. The molecule has 106 valence electrons. The molecule has 2 rings (SSSR count). The number of ether oxygens (including phenoxy) is 1. The molecule has 1 atom stereocenters. The van der Waals surface area contributed by atoms with Crippen LogP contribution in [0.15, 0.2) is 4.47 Å². The van der Waals surface area contributed by atoms with Crippen LogP contribution in [0.25, 0.3) is 0 Å². The molecule has 0 spiro atoms. The van der Waals surface area contributed by atoms with Crippen LogP contribution in [0.3, 0.4) is 0 Å². The summed E-state index contributed by atoms with van der Waals surface area (Å²) in [7, 11) is 0. The SMILES string of the molecule is CCOC(=O)C(Cn1nc(C)c(Br)c1C)NC1CC1. The van der Waals surface area contributed by atoms with Crippen molar-refractivity contribution in [2.45, 2.75) is 52.2 Å². The molecule has 1 N–H and O–H groups in total. The lowest BCUT2D eigenvalue weighted by Gasteiger charge is -2.17. The Bertz CT molecular complexity index is 469. The molecule has 1 aromatic rings. The fourth-order valence-corrected chi connectivity index (χ4v) is 2.28. The highest BCUT2D eigenvalue weighted by Gasteiger charge is 2.30. The first kappa shape index (κ1) is 14.5. The highest BCUT2D eigenvalue weighted by Crippen LogP contribution is 2.22. The third kappa shape index (κ3) is 3.57. The Morgan fingerprint density at radius 2 is 2.26 bits per heavy atom. The van der Waals surface area contributed by atoms with Gasteiger partial charge in [-0.2, -0.15) is 5.10 Å². The topological polar surface area (TPSA) is 56.2 Å². The van der Waals surface area contributed by atoms with E-state index in [4.69, 9.17) is 4.74 Å². The van der Waals surface area contributed by atoms with E-state index in [2.05, 4.69) is 26.3 Å². The first-order chi connectivity index (χ1) is 9.02. The molecule has 19 heavy (non-hydrogen) atoms. The Balaban J connectivity index is 2.09. The molecule has 0 bridgehead atoms. The normalized spacial score (nSPS) is 16.4. The van der Waals surface area contributed by atoms with Crippen molar-refractivity contribution in [3.05, 3.63) is 15.9 Å². The van der Waals surface area contributed by atoms with Crippen LogP contribution in [0, 0.1) is 13.8 Å². The number of esters is 1. The lowest BCUT2D eigenvalue weighted by Crippen LogP contribution is -2.43. The molecule has 1 unspecified atom stereocenters. The minimum atomic E-state index is -0.322. The number of aryl methyl sites for hydroxylation is 1. The molecular weight excluding hydrogens is 310 g/mol. The molecule has 0 aliphatic heterocycles. The van der Waals surface area contributed by atoms with Gasteiger partial charge in [-0.05, 0) is 49.5 Å². The number of nitrogens with one attached hydrogen (secondary N) is 1. The zero-order chi connectivity index (χ0) is 14.0. The number of hydrogen-bond acceptors (Lipinski definition) is 4. The Morgan fingerprint density at radius 3 is 2.74 bits per heavy atom. The molecule has 0 radical (unpaired) electrons. The van der Waals surface area contributed by atoms with Gasteiger partial charge in [0.15, 0.2) is 0 Å². The van der Waals surface area contributed by atoms with Crippen LogP contribution in [-0.2, 0) is 16.1 Å². The van der Waals surface area contributed by atoms with E-state index < -0.39 is 0 Å². The third-order valence-electron chi connectivity index (χ3n) is 3.23. The van der Waals surface area contributed by atoms with Crippen molar-refractivity contribution in [1.82, 2.24) is 15.1 Å². The van der Waals surface area contributed by atoms with Crippen LogP contribution >= 0.6 is 15.9 Å². The fraction of sp³-hybridized carbons (Fsp3) is 0.692. The average Bonchev–Trinajstić information content (AvgIpc) is 3.15. The van der Waals surface area contributed by atoms with Crippen LogP contribution in [0.2, 0.25) is 0 Å². The van der Waals surface area contributed by atoms with Crippen molar-refractivity contribution in [3.63, 3.8) is 0 Å². The number of hydrogen-bond donors (Lipinski definition) is 1. The number of carbonyl (C=O) groups is 1. The molecular formula is C13H20BrN3O2. The van der Waals surface area contributed by atoms with E-state index in [-0.39, 0.29) is 12.0 Å². The van der Waals surface area contributed by atoms with E-state index >= 15 is 0 Å². The van der Waals surface area contributed by atoms with Crippen LogP contribution in [0.4, 0.5) is 0 Å². The largest absolute Gasteiger partial charge is 0.465 e. The predicted molar refractivity (Wildman–Crippen MR) is 76.0 cm³/mol. The first-order valence-electron chi connectivity index (χ1n) is 6.65. The Morgan fingerprint density at radius 1 is 1.58 bits per heavy atom. The second-order valence-electron chi connectivity index (χ2n) is 4.91. The lowest BCUT2D eigenvalue weighted by atomic mass is 10.3. The average molecular weight is 330 g/mol. The van der Waals surface area contributed by atoms with Gasteiger partial charge in [0.25, 0.3) is 0 Å². The monoisotopic (exact) mass is 329 g/mol. The van der Waals surface area contributed by atoms with E-state index in [1.54, 1.807) is 0 Å². The molecule has 1 fully saturated rings. The van der Waals surface area contributed by atoms with E-state index in [1.165, 1.54) is 0 Å². The van der Waals surface area contributed by atoms with Crippen molar-refractivity contribution < 1.29 is 9.53 Å². The highest BCUT2D eigenvalue weighted by atomic mass is 79.9. The van der Waals surface area contributed by atoms with E-state index in [1.807, 2.05) is 25.5 Å². The van der Waals surface area contributed by atoms with Gasteiger partial charge in [-0.15, -0.1) is 0 Å². The maximum absolute atomic E-state index is 12.0. The molecule has 0 saturated heterocycles. The molecule has 1 saturated carbocycles. The van der Waals surface area contributed by atoms with Gasteiger partial charge in [0, 0.05) is 11.7 Å². The van der Waals surface area contributed by atoms with Gasteiger partial charge in [-0.25, -0.2) is 0 Å². The van der Waals surface area contributed by atoms with Crippen LogP contribution < -0.4 is 5.32 Å². The summed E-state index contributed by atoms with van der Waals surface area (Å²) in [5, 5.41) is 7.77. The number of aromatic nitrogens is 2. The Labute approximate surface area is 121 Å². The second-order valence-corrected chi connectivity index (χ2v) is 5.71. The molecule has 1 aliphatic rings.